The Morgan fingerprint density at radius 3 is 3.08 bits per heavy atom. The minimum atomic E-state index is -0.116. The third kappa shape index (κ3) is 3.17. The van der Waals surface area contributed by atoms with Crippen molar-refractivity contribution in [3.8, 4) is 0 Å². The fourth-order valence-corrected chi connectivity index (χ4v) is 3.29. The summed E-state index contributed by atoms with van der Waals surface area (Å²) in [5, 5.41) is 5.19. The van der Waals surface area contributed by atoms with Gasteiger partial charge in [0.15, 0.2) is 0 Å². The van der Waals surface area contributed by atoms with E-state index >= 15 is 0 Å². The maximum atomic E-state index is 12.8. The molecule has 1 amide bonds. The zero-order valence-electron chi connectivity index (χ0n) is 14.4. The first-order valence-electron chi connectivity index (χ1n) is 8.45. The second kappa shape index (κ2) is 6.37. The van der Waals surface area contributed by atoms with E-state index in [1.807, 2.05) is 43.3 Å². The molecule has 130 valence electrons. The molecule has 3 aromatic rings. The topological polar surface area (TPSA) is 60.5 Å². The summed E-state index contributed by atoms with van der Waals surface area (Å²) in [5.41, 5.74) is 3.92. The van der Waals surface area contributed by atoms with Crippen LogP contribution >= 0.6 is 0 Å². The predicted molar refractivity (Wildman–Crippen MR) is 93.1 cm³/mol. The summed E-state index contributed by atoms with van der Waals surface area (Å²) in [6, 6.07) is 6.06. The number of ether oxygens (including phenoxy) is 1. The van der Waals surface area contributed by atoms with Crippen LogP contribution in [0.4, 0.5) is 0 Å². The number of hydrogen-bond donors (Lipinski definition) is 0. The van der Waals surface area contributed by atoms with Crippen LogP contribution in [0.2, 0.25) is 0 Å². The highest BCUT2D eigenvalue weighted by Gasteiger charge is 2.26. The summed E-state index contributed by atoms with van der Waals surface area (Å²) in [6.07, 6.45) is 5.65. The maximum Gasteiger partial charge on any atom is 0.227 e. The standard InChI is InChI=1S/C19H21N3O3/c1-13-3-4-16-14(12-25-17(16)7-13)8-19(23)22-5-6-24-18(11-22)15-9-20-21(2)10-15/h3-4,7,9-10,12,18H,5-6,8,11H2,1-2H3/t18-/m1/s1. The molecule has 0 spiro atoms. The Bertz CT molecular complexity index is 912. The highest BCUT2D eigenvalue weighted by Crippen LogP contribution is 2.25. The van der Waals surface area contributed by atoms with Crippen molar-refractivity contribution in [3.63, 3.8) is 0 Å². The van der Waals surface area contributed by atoms with Crippen LogP contribution < -0.4 is 0 Å². The normalized spacial score (nSPS) is 18.0. The van der Waals surface area contributed by atoms with Crippen LogP contribution in [0.1, 0.15) is 22.8 Å². The number of nitrogens with zero attached hydrogens (tertiary/aromatic N) is 3. The van der Waals surface area contributed by atoms with E-state index in [1.165, 1.54) is 0 Å². The summed E-state index contributed by atoms with van der Waals surface area (Å²) in [4.78, 5) is 14.6. The molecule has 1 saturated heterocycles. The largest absolute Gasteiger partial charge is 0.464 e. The van der Waals surface area contributed by atoms with E-state index in [4.69, 9.17) is 9.15 Å². The van der Waals surface area contributed by atoms with Gasteiger partial charge in [0.25, 0.3) is 0 Å². The van der Waals surface area contributed by atoms with Gasteiger partial charge in [0.2, 0.25) is 5.91 Å². The summed E-state index contributed by atoms with van der Waals surface area (Å²) in [6.45, 7) is 3.74. The maximum absolute atomic E-state index is 12.8. The number of carbonyl (C=O) groups excluding carboxylic acids is 1. The van der Waals surface area contributed by atoms with Crippen molar-refractivity contribution in [3.05, 3.63) is 53.5 Å². The van der Waals surface area contributed by atoms with Gasteiger partial charge in [-0.15, -0.1) is 0 Å². The number of carbonyl (C=O) groups is 1. The van der Waals surface area contributed by atoms with Crippen LogP contribution in [0, 0.1) is 6.92 Å². The predicted octanol–water partition coefficient (Wildman–Crippen LogP) is 2.62. The molecule has 1 aromatic carbocycles. The van der Waals surface area contributed by atoms with Crippen molar-refractivity contribution in [2.75, 3.05) is 19.7 Å². The average molecular weight is 339 g/mol. The van der Waals surface area contributed by atoms with Crippen LogP contribution in [0.15, 0.2) is 41.3 Å². The smallest absolute Gasteiger partial charge is 0.227 e. The van der Waals surface area contributed by atoms with Crippen molar-refractivity contribution >= 4 is 16.9 Å². The molecule has 6 heteroatoms. The fraction of sp³-hybridized carbons (Fsp3) is 0.368. The molecule has 1 aliphatic rings. The van der Waals surface area contributed by atoms with Crippen LogP contribution in [0.3, 0.4) is 0 Å². The van der Waals surface area contributed by atoms with E-state index in [0.717, 1.165) is 27.7 Å². The van der Waals surface area contributed by atoms with Gasteiger partial charge in [-0.2, -0.15) is 5.10 Å². The van der Waals surface area contributed by atoms with Gasteiger partial charge >= 0.3 is 0 Å². The van der Waals surface area contributed by atoms with Crippen LogP contribution in [-0.2, 0) is 23.0 Å². The summed E-state index contributed by atoms with van der Waals surface area (Å²) < 4.78 is 13.2. The number of benzene rings is 1. The molecular formula is C19H21N3O3. The molecular weight excluding hydrogens is 318 g/mol. The van der Waals surface area contributed by atoms with E-state index in [2.05, 4.69) is 5.10 Å². The van der Waals surface area contributed by atoms with Crippen molar-refractivity contribution in [1.82, 2.24) is 14.7 Å². The molecule has 0 bridgehead atoms. The highest BCUT2D eigenvalue weighted by atomic mass is 16.5. The molecule has 0 radical (unpaired) electrons. The van der Waals surface area contributed by atoms with E-state index < -0.39 is 0 Å². The summed E-state index contributed by atoms with van der Waals surface area (Å²) >= 11 is 0. The van der Waals surface area contributed by atoms with E-state index in [0.29, 0.717) is 26.1 Å². The van der Waals surface area contributed by atoms with Gasteiger partial charge in [-0.05, 0) is 18.6 Å². The molecule has 0 saturated carbocycles. The third-order valence-corrected chi connectivity index (χ3v) is 4.67. The summed E-state index contributed by atoms with van der Waals surface area (Å²) in [7, 11) is 1.88. The number of morpholine rings is 1. The second-order valence-electron chi connectivity index (χ2n) is 6.58. The molecule has 3 heterocycles. The Labute approximate surface area is 146 Å². The second-order valence-corrected chi connectivity index (χ2v) is 6.58. The molecule has 2 aromatic heterocycles. The number of hydrogen-bond acceptors (Lipinski definition) is 4. The number of rotatable bonds is 3. The summed E-state index contributed by atoms with van der Waals surface area (Å²) in [5.74, 6) is 0.0977. The monoisotopic (exact) mass is 339 g/mol. The number of aromatic nitrogens is 2. The molecule has 1 aliphatic heterocycles. The van der Waals surface area contributed by atoms with E-state index in [1.54, 1.807) is 17.1 Å². The van der Waals surface area contributed by atoms with Crippen LogP contribution in [-0.4, -0.2) is 40.3 Å². The van der Waals surface area contributed by atoms with E-state index in [-0.39, 0.29) is 12.0 Å². The first-order chi connectivity index (χ1) is 12.1. The fourth-order valence-electron chi connectivity index (χ4n) is 3.29. The zero-order chi connectivity index (χ0) is 17.4. The first-order valence-corrected chi connectivity index (χ1v) is 8.45. The number of fused-ring (bicyclic) bond motifs is 1. The lowest BCUT2D eigenvalue weighted by atomic mass is 10.1. The van der Waals surface area contributed by atoms with Crippen molar-refractivity contribution in [2.24, 2.45) is 7.05 Å². The van der Waals surface area contributed by atoms with Gasteiger partial charge in [-0.25, -0.2) is 0 Å². The number of furan rings is 1. The molecule has 0 N–H and O–H groups in total. The average Bonchev–Trinajstić information content (AvgIpc) is 3.21. The minimum Gasteiger partial charge on any atom is -0.464 e. The van der Waals surface area contributed by atoms with Gasteiger partial charge in [0.05, 0.1) is 32.0 Å². The number of aryl methyl sites for hydroxylation is 2. The van der Waals surface area contributed by atoms with Gasteiger partial charge in [-0.1, -0.05) is 12.1 Å². The van der Waals surface area contributed by atoms with Gasteiger partial charge < -0.3 is 14.1 Å². The SMILES string of the molecule is Cc1ccc2c(CC(=O)N3CCO[C@@H](c4cnn(C)c4)C3)coc2c1. The molecule has 1 atom stereocenters. The first kappa shape index (κ1) is 15.9. The van der Waals surface area contributed by atoms with Crippen molar-refractivity contribution in [1.29, 1.82) is 0 Å². The lowest BCUT2D eigenvalue weighted by Gasteiger charge is -2.32. The highest BCUT2D eigenvalue weighted by molar-refractivity contribution is 5.88. The lowest BCUT2D eigenvalue weighted by molar-refractivity contribution is -0.138. The van der Waals surface area contributed by atoms with Gasteiger partial charge in [-0.3, -0.25) is 9.48 Å². The molecule has 25 heavy (non-hydrogen) atoms. The Morgan fingerprint density at radius 2 is 2.28 bits per heavy atom. The van der Waals surface area contributed by atoms with E-state index in [9.17, 15) is 4.79 Å². The van der Waals surface area contributed by atoms with Gasteiger partial charge in [0.1, 0.15) is 11.7 Å². The quantitative estimate of drug-likeness (QED) is 0.736. The third-order valence-electron chi connectivity index (χ3n) is 4.67. The van der Waals surface area contributed by atoms with Gasteiger partial charge in [0, 0.05) is 36.3 Å². The van der Waals surface area contributed by atoms with Crippen molar-refractivity contribution in [2.45, 2.75) is 19.4 Å². The van der Waals surface area contributed by atoms with Crippen LogP contribution in [0.25, 0.3) is 11.0 Å². The Balaban J connectivity index is 1.48. The molecule has 0 aliphatic carbocycles. The zero-order valence-corrected chi connectivity index (χ0v) is 14.4. The number of amides is 1. The Hall–Kier alpha value is -2.60. The molecule has 0 unspecified atom stereocenters. The minimum absolute atomic E-state index is 0.0977. The molecule has 6 nitrogen and oxygen atoms in total. The molecule has 1 fully saturated rings. The Kier molecular flexibility index (Phi) is 4.05. The lowest BCUT2D eigenvalue weighted by Crippen LogP contribution is -2.42. The Morgan fingerprint density at radius 1 is 1.40 bits per heavy atom. The molecule has 4 rings (SSSR count). The van der Waals surface area contributed by atoms with Crippen LogP contribution in [0.5, 0.6) is 0 Å². The van der Waals surface area contributed by atoms with Crippen molar-refractivity contribution < 1.29 is 13.9 Å².